The topological polar surface area (TPSA) is 84.5 Å². The van der Waals surface area contributed by atoms with Gasteiger partial charge in [-0.25, -0.2) is 0 Å². The van der Waals surface area contributed by atoms with E-state index < -0.39 is 0 Å². The quantitative estimate of drug-likeness (QED) is 0.530. The molecule has 1 aliphatic rings. The Morgan fingerprint density at radius 3 is 2.45 bits per heavy atom. The molecule has 4 rings (SSSR count). The zero-order valence-corrected chi connectivity index (χ0v) is 21.0. The fourth-order valence-electron chi connectivity index (χ4n) is 4.65. The Bertz CT molecular complexity index is 1160. The van der Waals surface area contributed by atoms with E-state index in [2.05, 4.69) is 36.3 Å². The fourth-order valence-corrected chi connectivity index (χ4v) is 5.39. The molecule has 178 valence electrons. The normalized spacial score (nSPS) is 19.4. The molecule has 3 aromatic rings. The third-order valence-corrected chi connectivity index (χ3v) is 7.67. The van der Waals surface area contributed by atoms with E-state index >= 15 is 0 Å². The molecule has 3 heterocycles. The number of thioether (sulfide) groups is 1. The van der Waals surface area contributed by atoms with Crippen LogP contribution >= 0.6 is 11.8 Å². The molecule has 0 bridgehead atoms. The van der Waals surface area contributed by atoms with Crippen LogP contribution in [0, 0.1) is 0 Å². The van der Waals surface area contributed by atoms with E-state index in [1.807, 2.05) is 52.0 Å². The van der Waals surface area contributed by atoms with Crippen LogP contribution in [0.1, 0.15) is 60.3 Å². The predicted octanol–water partition coefficient (Wildman–Crippen LogP) is 3.87. The molecule has 1 aromatic carbocycles. The lowest BCUT2D eigenvalue weighted by molar-refractivity contribution is -0.137. The Balaban J connectivity index is 1.61. The molecule has 9 heteroatoms. The van der Waals surface area contributed by atoms with Gasteiger partial charge >= 0.3 is 0 Å². The van der Waals surface area contributed by atoms with Crippen molar-refractivity contribution in [3.05, 3.63) is 24.3 Å². The first-order valence-electron chi connectivity index (χ1n) is 11.8. The summed E-state index contributed by atoms with van der Waals surface area (Å²) in [4.78, 5) is 27.8. The van der Waals surface area contributed by atoms with Gasteiger partial charge in [0.05, 0.1) is 16.8 Å². The molecule has 2 aromatic heterocycles. The lowest BCUT2D eigenvalue weighted by Crippen LogP contribution is -2.48. The Morgan fingerprint density at radius 2 is 1.79 bits per heavy atom. The number of amides is 2. The number of carbonyl (C=O) groups excluding carboxylic acids is 2. The molecule has 1 saturated heterocycles. The Kier molecular flexibility index (Phi) is 6.70. The summed E-state index contributed by atoms with van der Waals surface area (Å²) in [5.74, 6) is 0.955. The molecular weight excluding hydrogens is 436 g/mol. The largest absolute Gasteiger partial charge is 0.351 e. The first-order chi connectivity index (χ1) is 15.7. The van der Waals surface area contributed by atoms with Crippen LogP contribution in [-0.4, -0.2) is 59.3 Å². The zero-order chi connectivity index (χ0) is 23.8. The van der Waals surface area contributed by atoms with E-state index in [4.69, 9.17) is 0 Å². The summed E-state index contributed by atoms with van der Waals surface area (Å²) in [5.41, 5.74) is 1.63. The highest BCUT2D eigenvalue weighted by atomic mass is 32.2. The molecule has 0 radical (unpaired) electrons. The van der Waals surface area contributed by atoms with Crippen molar-refractivity contribution in [2.75, 3.05) is 5.75 Å². The summed E-state index contributed by atoms with van der Waals surface area (Å²) in [6.45, 7) is 10.6. The number of carbonyl (C=O) groups is 2. The van der Waals surface area contributed by atoms with Crippen molar-refractivity contribution in [3.8, 4) is 0 Å². The van der Waals surface area contributed by atoms with Crippen LogP contribution in [0.2, 0.25) is 0 Å². The number of benzene rings is 1. The molecule has 0 saturated carbocycles. The second-order valence-corrected chi connectivity index (χ2v) is 10.6. The van der Waals surface area contributed by atoms with Gasteiger partial charge in [0.25, 0.3) is 0 Å². The minimum absolute atomic E-state index is 0.0319. The second kappa shape index (κ2) is 9.37. The number of aromatic nitrogens is 4. The summed E-state index contributed by atoms with van der Waals surface area (Å²) >= 11 is 1.36. The smallest absolute Gasteiger partial charge is 0.243 e. The van der Waals surface area contributed by atoms with Crippen molar-refractivity contribution in [2.24, 2.45) is 0 Å². The lowest BCUT2D eigenvalue weighted by atomic mass is 9.97. The van der Waals surface area contributed by atoms with E-state index in [1.54, 1.807) is 0 Å². The summed E-state index contributed by atoms with van der Waals surface area (Å²) < 4.78 is 3.90. The van der Waals surface area contributed by atoms with Crippen molar-refractivity contribution in [1.82, 2.24) is 29.4 Å². The van der Waals surface area contributed by atoms with Crippen LogP contribution in [0.15, 0.2) is 29.4 Å². The van der Waals surface area contributed by atoms with Crippen LogP contribution in [0.25, 0.3) is 16.8 Å². The van der Waals surface area contributed by atoms with Crippen molar-refractivity contribution < 1.29 is 9.59 Å². The van der Waals surface area contributed by atoms with Gasteiger partial charge < -0.3 is 10.2 Å². The summed E-state index contributed by atoms with van der Waals surface area (Å²) in [7, 11) is 0. The van der Waals surface area contributed by atoms with Crippen LogP contribution in [0.4, 0.5) is 0 Å². The second-order valence-electron chi connectivity index (χ2n) is 9.70. The third-order valence-electron chi connectivity index (χ3n) is 6.74. The van der Waals surface area contributed by atoms with Gasteiger partial charge in [-0.05, 0) is 65.5 Å². The van der Waals surface area contributed by atoms with Gasteiger partial charge in [-0.15, -0.1) is 10.2 Å². The zero-order valence-electron chi connectivity index (χ0n) is 20.2. The molecule has 2 amide bonds. The number of nitrogens with one attached hydrogen (secondary N) is 1. The number of piperidine rings is 1. The molecule has 0 aliphatic carbocycles. The van der Waals surface area contributed by atoms with Crippen molar-refractivity contribution in [3.63, 3.8) is 0 Å². The Labute approximate surface area is 199 Å². The van der Waals surface area contributed by atoms with Crippen LogP contribution in [0.5, 0.6) is 0 Å². The first kappa shape index (κ1) is 23.6. The standard InChI is InChI=1S/C24H34N6O2S/c1-6-24(4,5)25-20(31)15-33-23-27-26-22-28(18-12-7-8-13-19(18)30(22)23)14-21(32)29-16(2)10-9-11-17(29)3/h7-8,12-13,16-17H,6,9-11,14-15H2,1-5H3,(H,25,31)/t16-,17+. The average molecular weight is 471 g/mol. The Hall–Kier alpha value is -2.55. The molecule has 1 N–H and O–H groups in total. The molecule has 0 unspecified atom stereocenters. The van der Waals surface area contributed by atoms with Gasteiger partial charge in [-0.3, -0.25) is 18.6 Å². The predicted molar refractivity (Wildman–Crippen MR) is 131 cm³/mol. The number of para-hydroxylation sites is 2. The number of hydrogen-bond acceptors (Lipinski definition) is 5. The van der Waals surface area contributed by atoms with Crippen LogP contribution in [-0.2, 0) is 16.1 Å². The monoisotopic (exact) mass is 470 g/mol. The van der Waals surface area contributed by atoms with Gasteiger partial charge in [0, 0.05) is 17.6 Å². The van der Waals surface area contributed by atoms with Gasteiger partial charge in [-0.2, -0.15) is 0 Å². The lowest BCUT2D eigenvalue weighted by Gasteiger charge is -2.39. The SMILES string of the molecule is CCC(C)(C)NC(=O)CSc1nnc2n(CC(=O)N3[C@H](C)CCC[C@@H]3C)c3ccccc3n12. The van der Waals surface area contributed by atoms with Crippen molar-refractivity contribution in [2.45, 2.75) is 89.6 Å². The maximum absolute atomic E-state index is 13.3. The number of nitrogens with zero attached hydrogens (tertiary/aromatic N) is 5. The highest BCUT2D eigenvalue weighted by molar-refractivity contribution is 7.99. The molecule has 2 atom stereocenters. The minimum atomic E-state index is -0.239. The highest BCUT2D eigenvalue weighted by Gasteiger charge is 2.30. The summed E-state index contributed by atoms with van der Waals surface area (Å²) in [5, 5.41) is 12.5. The maximum Gasteiger partial charge on any atom is 0.243 e. The maximum atomic E-state index is 13.3. The van der Waals surface area contributed by atoms with E-state index in [0.29, 0.717) is 10.9 Å². The van der Waals surface area contributed by atoms with Crippen molar-refractivity contribution >= 4 is 40.4 Å². The van der Waals surface area contributed by atoms with Gasteiger partial charge in [0.2, 0.25) is 17.6 Å². The number of likely N-dealkylation sites (tertiary alicyclic amines) is 1. The van der Waals surface area contributed by atoms with E-state index in [1.165, 1.54) is 11.8 Å². The van der Waals surface area contributed by atoms with E-state index in [-0.39, 0.29) is 41.7 Å². The molecule has 1 fully saturated rings. The number of imidazole rings is 1. The molecule has 33 heavy (non-hydrogen) atoms. The third kappa shape index (κ3) is 4.74. The first-order valence-corrected chi connectivity index (χ1v) is 12.8. The highest BCUT2D eigenvalue weighted by Crippen LogP contribution is 2.28. The average Bonchev–Trinajstić information content (AvgIpc) is 3.31. The van der Waals surface area contributed by atoms with E-state index in [9.17, 15) is 9.59 Å². The van der Waals surface area contributed by atoms with Crippen LogP contribution in [0.3, 0.4) is 0 Å². The van der Waals surface area contributed by atoms with Crippen LogP contribution < -0.4 is 5.32 Å². The molecule has 0 spiro atoms. The van der Waals surface area contributed by atoms with Gasteiger partial charge in [-0.1, -0.05) is 30.8 Å². The number of hydrogen-bond donors (Lipinski definition) is 1. The minimum Gasteiger partial charge on any atom is -0.351 e. The number of fused-ring (bicyclic) bond motifs is 3. The number of rotatable bonds is 7. The summed E-state index contributed by atoms with van der Waals surface area (Å²) in [6.07, 6.45) is 4.10. The van der Waals surface area contributed by atoms with Crippen molar-refractivity contribution in [1.29, 1.82) is 0 Å². The summed E-state index contributed by atoms with van der Waals surface area (Å²) in [6, 6.07) is 8.43. The molecular formula is C24H34N6O2S. The molecule has 8 nitrogen and oxygen atoms in total. The van der Waals surface area contributed by atoms with Gasteiger partial charge in [0.1, 0.15) is 6.54 Å². The Morgan fingerprint density at radius 1 is 1.12 bits per heavy atom. The van der Waals surface area contributed by atoms with Gasteiger partial charge in [0.15, 0.2) is 5.16 Å². The fraction of sp³-hybridized carbons (Fsp3) is 0.583. The van der Waals surface area contributed by atoms with E-state index in [0.717, 1.165) is 36.7 Å². The molecule has 1 aliphatic heterocycles.